The first kappa shape index (κ1) is 20.1. The van der Waals surface area contributed by atoms with Crippen LogP contribution >= 0.6 is 0 Å². The van der Waals surface area contributed by atoms with E-state index in [2.05, 4.69) is 97.1 Å². The summed E-state index contributed by atoms with van der Waals surface area (Å²) in [6.07, 6.45) is 0. The molecule has 7 aromatic carbocycles. The number of nitriles is 1. The van der Waals surface area contributed by atoms with Crippen LogP contribution in [-0.2, 0) is 0 Å². The van der Waals surface area contributed by atoms with Crippen molar-refractivity contribution in [3.63, 3.8) is 0 Å². The molecule has 0 aromatic heterocycles. The van der Waals surface area contributed by atoms with E-state index in [0.717, 1.165) is 39.0 Å². The maximum absolute atomic E-state index is 9.67. The second-order valence-corrected chi connectivity index (χ2v) is 9.62. The first-order valence-electron chi connectivity index (χ1n) is 12.4. The first-order valence-corrected chi connectivity index (χ1v) is 12.4. The minimum absolute atomic E-state index is 0.663. The Morgan fingerprint density at radius 1 is 0.486 bits per heavy atom. The lowest BCUT2D eigenvalue weighted by Gasteiger charge is -2.22. The molecule has 2 nitrogen and oxygen atoms in total. The molecule has 0 atom stereocenters. The monoisotopic (exact) mass is 469 g/mol. The molecule has 1 aliphatic heterocycles. The van der Waals surface area contributed by atoms with Gasteiger partial charge in [0.15, 0.2) is 0 Å². The third-order valence-corrected chi connectivity index (χ3v) is 7.69. The largest absolute Gasteiger partial charge is 0.456 e. The van der Waals surface area contributed by atoms with Gasteiger partial charge in [-0.1, -0.05) is 84.9 Å². The van der Waals surface area contributed by atoms with Crippen molar-refractivity contribution in [1.29, 1.82) is 5.26 Å². The van der Waals surface area contributed by atoms with Crippen molar-refractivity contribution in [2.45, 2.75) is 0 Å². The topological polar surface area (TPSA) is 33.0 Å². The zero-order chi connectivity index (χ0) is 24.5. The van der Waals surface area contributed by atoms with Gasteiger partial charge < -0.3 is 4.74 Å². The standard InChI is InChI=1S/C35H19NO/c36-20-23-14-17-34-35-25(23)10-5-11-29(35)32-18-22(13-16-33(32)37-34)30-19-31-24-7-2-1-6-21(24)12-15-28(31)26-8-3-4-9-27(26)30/h1-19H. The molecule has 0 saturated carbocycles. The van der Waals surface area contributed by atoms with Gasteiger partial charge in [0, 0.05) is 16.3 Å². The molecule has 0 fully saturated rings. The Morgan fingerprint density at radius 3 is 2.14 bits per heavy atom. The molecule has 170 valence electrons. The highest BCUT2D eigenvalue weighted by Gasteiger charge is 2.22. The molecule has 0 unspecified atom stereocenters. The van der Waals surface area contributed by atoms with Crippen LogP contribution in [0.25, 0.3) is 65.3 Å². The van der Waals surface area contributed by atoms with Gasteiger partial charge in [-0.15, -0.1) is 0 Å². The molecule has 0 aliphatic carbocycles. The van der Waals surface area contributed by atoms with E-state index in [-0.39, 0.29) is 0 Å². The maximum Gasteiger partial charge on any atom is 0.136 e. The van der Waals surface area contributed by atoms with E-state index >= 15 is 0 Å². The van der Waals surface area contributed by atoms with E-state index in [1.807, 2.05) is 24.3 Å². The number of fused-ring (bicyclic) bond motifs is 7. The van der Waals surface area contributed by atoms with E-state index in [0.29, 0.717) is 5.56 Å². The number of nitrogens with zero attached hydrogens (tertiary/aromatic N) is 1. The fourth-order valence-corrected chi connectivity index (χ4v) is 6.00. The van der Waals surface area contributed by atoms with Gasteiger partial charge in [0.1, 0.15) is 11.5 Å². The summed E-state index contributed by atoms with van der Waals surface area (Å²) >= 11 is 0. The summed E-state index contributed by atoms with van der Waals surface area (Å²) in [6, 6.07) is 42.8. The van der Waals surface area contributed by atoms with Gasteiger partial charge in [0.2, 0.25) is 0 Å². The fourth-order valence-electron chi connectivity index (χ4n) is 6.00. The summed E-state index contributed by atoms with van der Waals surface area (Å²) in [6.45, 7) is 0. The predicted octanol–water partition coefficient (Wildman–Crippen LogP) is 9.61. The highest BCUT2D eigenvalue weighted by Crippen LogP contribution is 2.49. The van der Waals surface area contributed by atoms with Gasteiger partial charge in [-0.3, -0.25) is 0 Å². The minimum atomic E-state index is 0.663. The lowest BCUT2D eigenvalue weighted by molar-refractivity contribution is 0.487. The van der Waals surface area contributed by atoms with Crippen molar-refractivity contribution >= 4 is 43.1 Å². The second-order valence-electron chi connectivity index (χ2n) is 9.62. The molecule has 0 amide bonds. The number of rotatable bonds is 1. The molecule has 0 bridgehead atoms. The molecular weight excluding hydrogens is 450 g/mol. The van der Waals surface area contributed by atoms with Crippen molar-refractivity contribution in [2.24, 2.45) is 0 Å². The molecule has 8 rings (SSSR count). The smallest absolute Gasteiger partial charge is 0.136 e. The highest BCUT2D eigenvalue weighted by atomic mass is 16.5. The zero-order valence-corrected chi connectivity index (χ0v) is 19.8. The van der Waals surface area contributed by atoms with E-state index in [1.165, 1.54) is 37.9 Å². The molecule has 0 spiro atoms. The summed E-state index contributed by atoms with van der Waals surface area (Å²) in [5.41, 5.74) is 5.16. The van der Waals surface area contributed by atoms with Crippen molar-refractivity contribution in [3.05, 3.63) is 121 Å². The lowest BCUT2D eigenvalue weighted by atomic mass is 9.88. The molecule has 0 N–H and O–H groups in total. The van der Waals surface area contributed by atoms with Crippen LogP contribution in [-0.4, -0.2) is 0 Å². The van der Waals surface area contributed by atoms with E-state index in [1.54, 1.807) is 0 Å². The molecule has 1 heterocycles. The van der Waals surface area contributed by atoms with Gasteiger partial charge >= 0.3 is 0 Å². The van der Waals surface area contributed by atoms with E-state index < -0.39 is 0 Å². The Balaban J connectivity index is 1.44. The van der Waals surface area contributed by atoms with Crippen molar-refractivity contribution in [1.82, 2.24) is 0 Å². The van der Waals surface area contributed by atoms with Gasteiger partial charge in [0.05, 0.1) is 11.6 Å². The van der Waals surface area contributed by atoms with Crippen LogP contribution < -0.4 is 4.74 Å². The number of hydrogen-bond acceptors (Lipinski definition) is 2. The average molecular weight is 470 g/mol. The van der Waals surface area contributed by atoms with Crippen LogP contribution in [0, 0.1) is 11.3 Å². The summed E-state index contributed by atoms with van der Waals surface area (Å²) in [4.78, 5) is 0. The molecular formula is C35H19NO. The molecule has 7 aromatic rings. The minimum Gasteiger partial charge on any atom is -0.456 e. The molecule has 0 saturated heterocycles. The van der Waals surface area contributed by atoms with Crippen LogP contribution in [0.3, 0.4) is 0 Å². The maximum atomic E-state index is 9.67. The Hall–Kier alpha value is -5.13. The Bertz CT molecular complexity index is 2130. The van der Waals surface area contributed by atoms with Gasteiger partial charge in [0.25, 0.3) is 0 Å². The van der Waals surface area contributed by atoms with Crippen LogP contribution in [0.15, 0.2) is 115 Å². The van der Waals surface area contributed by atoms with Crippen LogP contribution in [0.2, 0.25) is 0 Å². The van der Waals surface area contributed by atoms with Crippen molar-refractivity contribution in [3.8, 4) is 39.8 Å². The number of ether oxygens (including phenoxy) is 1. The summed E-state index contributed by atoms with van der Waals surface area (Å²) in [5, 5.41) is 19.1. The number of hydrogen-bond donors (Lipinski definition) is 0. The second kappa shape index (κ2) is 7.43. The van der Waals surface area contributed by atoms with Crippen LogP contribution in [0.4, 0.5) is 0 Å². The predicted molar refractivity (Wildman–Crippen MR) is 152 cm³/mol. The third kappa shape index (κ3) is 2.80. The van der Waals surface area contributed by atoms with Crippen LogP contribution in [0.1, 0.15) is 5.56 Å². The number of benzene rings is 7. The molecule has 37 heavy (non-hydrogen) atoms. The van der Waals surface area contributed by atoms with E-state index in [9.17, 15) is 5.26 Å². The fraction of sp³-hybridized carbons (Fsp3) is 0. The van der Waals surface area contributed by atoms with Crippen LogP contribution in [0.5, 0.6) is 11.5 Å². The molecule has 2 heteroatoms. The lowest BCUT2D eigenvalue weighted by Crippen LogP contribution is -1.98. The summed E-state index contributed by atoms with van der Waals surface area (Å²) < 4.78 is 6.35. The zero-order valence-electron chi connectivity index (χ0n) is 19.8. The molecule has 1 aliphatic rings. The normalized spacial score (nSPS) is 12.0. The first-order chi connectivity index (χ1) is 18.3. The summed E-state index contributed by atoms with van der Waals surface area (Å²) in [5.74, 6) is 1.64. The summed E-state index contributed by atoms with van der Waals surface area (Å²) in [7, 11) is 0. The Labute approximate surface area is 213 Å². The SMILES string of the molecule is N#Cc1ccc2c3c(cccc13)-c1cc(-c3cc4c5ccccc5ccc4c4ccccc34)ccc1O2. The van der Waals surface area contributed by atoms with Gasteiger partial charge in [-0.25, -0.2) is 0 Å². The Morgan fingerprint density at radius 2 is 1.24 bits per heavy atom. The highest BCUT2D eigenvalue weighted by molar-refractivity contribution is 6.21. The van der Waals surface area contributed by atoms with Gasteiger partial charge in [-0.05, 0) is 79.3 Å². The van der Waals surface area contributed by atoms with Crippen molar-refractivity contribution in [2.75, 3.05) is 0 Å². The van der Waals surface area contributed by atoms with Crippen molar-refractivity contribution < 1.29 is 4.74 Å². The van der Waals surface area contributed by atoms with Gasteiger partial charge in [-0.2, -0.15) is 5.26 Å². The molecule has 0 radical (unpaired) electrons. The quantitative estimate of drug-likeness (QED) is 0.224. The third-order valence-electron chi connectivity index (χ3n) is 7.69. The average Bonchev–Trinajstić information content (AvgIpc) is 2.97. The Kier molecular flexibility index (Phi) is 4.04. The van der Waals surface area contributed by atoms with E-state index in [4.69, 9.17) is 4.74 Å².